The highest BCUT2D eigenvalue weighted by Crippen LogP contribution is 2.33. The molecule has 17 heteroatoms. The molecular weight excluding hydrogens is 925 g/mol. The average Bonchev–Trinajstić information content (AvgIpc) is 4.07. The summed E-state index contributed by atoms with van der Waals surface area (Å²) in [4.78, 5) is 82.2. The number of unbranched alkanes of at least 4 members (excludes halogenated alkanes) is 6. The monoisotopic (exact) mass is 992 g/mol. The first-order valence-electron chi connectivity index (χ1n) is 24.8. The summed E-state index contributed by atoms with van der Waals surface area (Å²) in [5.41, 5.74) is 7.99. The molecule has 5 N–H and O–H groups in total. The summed E-state index contributed by atoms with van der Waals surface area (Å²) < 4.78 is 6.58. The summed E-state index contributed by atoms with van der Waals surface area (Å²) >= 11 is 3.00. The second kappa shape index (κ2) is 24.4. The van der Waals surface area contributed by atoms with Gasteiger partial charge in [-0.2, -0.15) is 0 Å². The van der Waals surface area contributed by atoms with Crippen LogP contribution in [0.3, 0.4) is 0 Å². The van der Waals surface area contributed by atoms with E-state index < -0.39 is 29.7 Å². The third-order valence-corrected chi connectivity index (χ3v) is 15.0. The van der Waals surface area contributed by atoms with Crippen LogP contribution in [0.25, 0.3) is 31.8 Å². The zero-order valence-electron chi connectivity index (χ0n) is 41.1. The molecule has 3 atom stereocenters. The Kier molecular flexibility index (Phi) is 18.1. The van der Waals surface area contributed by atoms with Gasteiger partial charge in [0.1, 0.15) is 18.2 Å². The molecular formula is C53H68N8O7S2. The van der Waals surface area contributed by atoms with Gasteiger partial charge in [-0.15, -0.1) is 11.3 Å². The molecule has 0 unspecified atom stereocenters. The largest absolute Gasteiger partial charge is 0.446 e. The molecule has 1 aliphatic carbocycles. The van der Waals surface area contributed by atoms with Gasteiger partial charge in [-0.1, -0.05) is 101 Å². The first kappa shape index (κ1) is 52.1. The smallest absolute Gasteiger partial charge is 0.411 e. The van der Waals surface area contributed by atoms with Gasteiger partial charge in [-0.3, -0.25) is 29.5 Å². The van der Waals surface area contributed by atoms with Gasteiger partial charge >= 0.3 is 6.09 Å². The molecule has 1 aliphatic heterocycles. The van der Waals surface area contributed by atoms with Gasteiger partial charge in [0.05, 0.1) is 43.8 Å². The van der Waals surface area contributed by atoms with Crippen LogP contribution >= 0.6 is 22.7 Å². The SMILES string of the molecule is Cc1ncc(-c2ccc3nc(NC(=O)CCCCCCCCCC(=O)N[C@H](C(=O)N4C[C@H](O)C[C@H]4C(=O)NCc4ccc(-c5scnc5C)cc4)C(C)(C)C)sc3c2)cc1NC(=O)OC1CCCCC1. The molecule has 374 valence electrons. The number of nitrogens with zero attached hydrogens (tertiary/aromatic N) is 4. The number of carbonyl (C=O) groups excluding carboxylic acids is 5. The lowest BCUT2D eigenvalue weighted by atomic mass is 9.85. The lowest BCUT2D eigenvalue weighted by Crippen LogP contribution is -2.57. The van der Waals surface area contributed by atoms with Crippen molar-refractivity contribution in [1.29, 1.82) is 0 Å². The second-order valence-corrected chi connectivity index (χ2v) is 21.7. The van der Waals surface area contributed by atoms with Gasteiger partial charge in [0.2, 0.25) is 23.6 Å². The van der Waals surface area contributed by atoms with Gasteiger partial charge in [-0.25, -0.2) is 14.8 Å². The number of anilines is 2. The van der Waals surface area contributed by atoms with Crippen LogP contribution < -0.4 is 21.3 Å². The van der Waals surface area contributed by atoms with Crippen molar-refractivity contribution in [1.82, 2.24) is 30.5 Å². The molecule has 2 aromatic carbocycles. The number of fused-ring (bicyclic) bond motifs is 1. The number of aliphatic hydroxyl groups is 1. The van der Waals surface area contributed by atoms with E-state index in [0.717, 1.165) is 107 Å². The molecule has 70 heavy (non-hydrogen) atoms. The molecule has 5 amide bonds. The Labute approximate surface area is 419 Å². The summed E-state index contributed by atoms with van der Waals surface area (Å²) in [5.74, 6) is -1.01. The van der Waals surface area contributed by atoms with E-state index in [1.165, 1.54) is 22.7 Å². The van der Waals surface area contributed by atoms with Crippen LogP contribution in [0.2, 0.25) is 0 Å². The number of aryl methyl sites for hydroxylation is 2. The topological polar surface area (TPSA) is 205 Å². The first-order valence-corrected chi connectivity index (χ1v) is 26.5. The van der Waals surface area contributed by atoms with Crippen LogP contribution in [0.15, 0.2) is 60.2 Å². The summed E-state index contributed by atoms with van der Waals surface area (Å²) in [6.07, 6.45) is 12.5. The van der Waals surface area contributed by atoms with E-state index in [9.17, 15) is 29.1 Å². The molecule has 2 aliphatic rings. The Bertz CT molecular complexity index is 2600. The number of aromatic nitrogens is 3. The van der Waals surface area contributed by atoms with Crippen LogP contribution in [0.5, 0.6) is 0 Å². The van der Waals surface area contributed by atoms with E-state index in [4.69, 9.17) is 4.74 Å². The number of likely N-dealkylation sites (tertiary alicyclic amines) is 1. The zero-order chi connectivity index (χ0) is 49.8. The molecule has 0 spiro atoms. The number of hydrogen-bond acceptors (Lipinski definition) is 12. The number of rotatable bonds is 20. The molecule has 1 saturated carbocycles. The molecule has 15 nitrogen and oxygen atoms in total. The predicted octanol–water partition coefficient (Wildman–Crippen LogP) is 10.2. The van der Waals surface area contributed by atoms with Gasteiger partial charge < -0.3 is 30.7 Å². The van der Waals surface area contributed by atoms with Crippen molar-refractivity contribution in [3.63, 3.8) is 0 Å². The molecule has 0 radical (unpaired) electrons. The summed E-state index contributed by atoms with van der Waals surface area (Å²) in [5, 5.41) is 22.9. The summed E-state index contributed by atoms with van der Waals surface area (Å²) in [6.45, 7) is 9.77. The number of β-amino-alcohol motifs (C(OH)–C–C–N with tert-alkyl or cyclic N) is 1. The Hall–Kier alpha value is -5.78. The molecule has 7 rings (SSSR count). The maximum atomic E-state index is 14.0. The van der Waals surface area contributed by atoms with E-state index in [0.29, 0.717) is 29.4 Å². The molecule has 4 heterocycles. The highest BCUT2D eigenvalue weighted by Gasteiger charge is 2.44. The number of aliphatic hydroxyl groups excluding tert-OH is 1. The van der Waals surface area contributed by atoms with E-state index in [1.807, 2.05) is 88.7 Å². The molecule has 2 fully saturated rings. The minimum atomic E-state index is -0.868. The lowest BCUT2D eigenvalue weighted by Gasteiger charge is -2.35. The van der Waals surface area contributed by atoms with Crippen molar-refractivity contribution in [3.8, 4) is 21.6 Å². The zero-order valence-corrected chi connectivity index (χ0v) is 42.7. The van der Waals surface area contributed by atoms with Crippen LogP contribution in [-0.2, 0) is 30.5 Å². The molecule has 1 saturated heterocycles. The van der Waals surface area contributed by atoms with Crippen molar-refractivity contribution in [3.05, 3.63) is 77.2 Å². The van der Waals surface area contributed by atoms with Crippen molar-refractivity contribution in [2.75, 3.05) is 17.2 Å². The maximum absolute atomic E-state index is 14.0. The van der Waals surface area contributed by atoms with Gasteiger partial charge in [0.25, 0.3) is 0 Å². The van der Waals surface area contributed by atoms with Crippen LogP contribution in [0.4, 0.5) is 15.6 Å². The Morgan fingerprint density at radius 1 is 0.814 bits per heavy atom. The fraction of sp³-hybridized carbons (Fsp3) is 0.509. The third kappa shape index (κ3) is 14.4. The number of thiazole rings is 2. The highest BCUT2D eigenvalue weighted by atomic mass is 32.1. The van der Waals surface area contributed by atoms with E-state index in [2.05, 4.69) is 36.2 Å². The van der Waals surface area contributed by atoms with Crippen LogP contribution in [0.1, 0.15) is 134 Å². The Morgan fingerprint density at radius 3 is 2.19 bits per heavy atom. The number of amides is 5. The normalized spacial score (nSPS) is 16.7. The number of hydrogen-bond donors (Lipinski definition) is 5. The quantitative estimate of drug-likeness (QED) is 0.0467. The maximum Gasteiger partial charge on any atom is 0.411 e. The van der Waals surface area contributed by atoms with Gasteiger partial charge in [0.15, 0.2) is 5.13 Å². The number of ether oxygens (including phenoxy) is 1. The Balaban J connectivity index is 0.779. The van der Waals surface area contributed by atoms with E-state index in [1.54, 1.807) is 17.5 Å². The lowest BCUT2D eigenvalue weighted by molar-refractivity contribution is -0.144. The van der Waals surface area contributed by atoms with Gasteiger partial charge in [0, 0.05) is 44.1 Å². The van der Waals surface area contributed by atoms with Crippen molar-refractivity contribution < 1.29 is 33.8 Å². The summed E-state index contributed by atoms with van der Waals surface area (Å²) in [7, 11) is 0. The minimum Gasteiger partial charge on any atom is -0.446 e. The van der Waals surface area contributed by atoms with Gasteiger partial charge in [-0.05, 0) is 92.7 Å². The number of pyridine rings is 1. The summed E-state index contributed by atoms with van der Waals surface area (Å²) in [6, 6.07) is 14.0. The van der Waals surface area contributed by atoms with Crippen molar-refractivity contribution in [2.24, 2.45) is 5.41 Å². The highest BCUT2D eigenvalue weighted by molar-refractivity contribution is 7.22. The molecule has 3 aromatic heterocycles. The molecule has 5 aromatic rings. The van der Waals surface area contributed by atoms with Crippen LogP contribution in [-0.4, -0.2) is 85.5 Å². The standard InChI is InChI=1S/C53H68N8O7S2/c1-33-42(58-52(67)68-40-16-12-11-13-17-40)26-38(30-54-33)37-24-25-41-44(27-37)70-51(57-41)60-46(64)19-15-10-8-6-7-9-14-18-45(63)59-48(53(3,4)5)50(66)61-31-39(62)28-43(61)49(65)55-29-35-20-22-36(23-21-35)47-34(2)56-32-69-47/h20-27,30,32,39-40,43,48,62H,6-19,28-29,31H2,1-5H3,(H,55,65)(H,58,67)(H,59,63)(H,57,60,64)/t39-,43+,48-/m1/s1. The minimum absolute atomic E-state index is 0.0218. The predicted molar refractivity (Wildman–Crippen MR) is 276 cm³/mol. The average molecular weight is 993 g/mol. The van der Waals surface area contributed by atoms with Crippen LogP contribution in [0, 0.1) is 19.3 Å². The number of benzene rings is 2. The third-order valence-electron chi connectivity index (χ3n) is 13.1. The number of carbonyl (C=O) groups is 5. The van der Waals surface area contributed by atoms with Crippen molar-refractivity contribution >= 4 is 73.4 Å². The fourth-order valence-corrected chi connectivity index (χ4v) is 10.8. The van der Waals surface area contributed by atoms with E-state index in [-0.39, 0.29) is 55.7 Å². The van der Waals surface area contributed by atoms with E-state index >= 15 is 0 Å². The Morgan fingerprint density at radius 2 is 1.50 bits per heavy atom. The fourth-order valence-electron chi connectivity index (χ4n) is 9.10. The second-order valence-electron chi connectivity index (χ2n) is 19.8. The number of nitrogens with one attached hydrogen (secondary N) is 4. The molecule has 0 bridgehead atoms. The van der Waals surface area contributed by atoms with Crippen molar-refractivity contribution in [2.45, 2.75) is 162 Å². The first-order chi connectivity index (χ1) is 33.6.